The summed E-state index contributed by atoms with van der Waals surface area (Å²) < 4.78 is 11.6. The van der Waals surface area contributed by atoms with Crippen LogP contribution in [0.15, 0.2) is 97.1 Å². The van der Waals surface area contributed by atoms with Gasteiger partial charge in [0.05, 0.1) is 18.2 Å². The molecule has 7 heteroatoms. The molecule has 1 aliphatic heterocycles. The molecule has 0 N–H and O–H groups in total. The molecular weight excluding hydrogens is 510 g/mol. The van der Waals surface area contributed by atoms with Crippen molar-refractivity contribution in [3.63, 3.8) is 0 Å². The zero-order valence-electron chi connectivity index (χ0n) is 21.2. The van der Waals surface area contributed by atoms with Crippen molar-refractivity contribution in [2.24, 2.45) is 0 Å². The fourth-order valence-electron chi connectivity index (χ4n) is 4.84. The minimum absolute atomic E-state index is 0.0197. The fraction of sp³-hybridized carbons (Fsp3) is 0.156. The molecule has 2 heterocycles. The van der Waals surface area contributed by atoms with E-state index >= 15 is 0 Å². The van der Waals surface area contributed by atoms with E-state index in [-0.39, 0.29) is 5.91 Å². The smallest absolute Gasteiger partial charge is 0.254 e. The second kappa shape index (κ2) is 11.2. The molecule has 194 valence electrons. The highest BCUT2D eigenvalue weighted by molar-refractivity contribution is 6.35. The summed E-state index contributed by atoms with van der Waals surface area (Å²) >= 11 is 6.49. The quantitative estimate of drug-likeness (QED) is 0.243. The number of carbonyl (C=O) groups is 1. The highest BCUT2D eigenvalue weighted by atomic mass is 35.5. The first kappa shape index (κ1) is 25.0. The number of hydrogen-bond acceptors (Lipinski definition) is 5. The van der Waals surface area contributed by atoms with Crippen LogP contribution in [0.25, 0.3) is 33.3 Å². The normalized spacial score (nSPS) is 13.4. The number of halogens is 1. The summed E-state index contributed by atoms with van der Waals surface area (Å²) in [4.78, 5) is 14.7. The van der Waals surface area contributed by atoms with Crippen LogP contribution in [0.3, 0.4) is 0 Å². The molecule has 4 aromatic carbocycles. The molecule has 0 radical (unpaired) electrons. The number of morpholine rings is 1. The van der Waals surface area contributed by atoms with Crippen LogP contribution in [0, 0.1) is 0 Å². The van der Waals surface area contributed by atoms with Gasteiger partial charge in [-0.05, 0) is 41.5 Å². The van der Waals surface area contributed by atoms with Crippen molar-refractivity contribution in [3.05, 3.63) is 113 Å². The van der Waals surface area contributed by atoms with E-state index in [9.17, 15) is 4.79 Å². The maximum absolute atomic E-state index is 12.9. The third-order valence-corrected chi connectivity index (χ3v) is 7.10. The zero-order chi connectivity index (χ0) is 26.6. The largest absolute Gasteiger partial charge is 0.489 e. The number of amides is 1. The van der Waals surface area contributed by atoms with Gasteiger partial charge in [0.15, 0.2) is 0 Å². The molecule has 1 aromatic heterocycles. The van der Waals surface area contributed by atoms with Crippen molar-refractivity contribution in [2.75, 3.05) is 26.3 Å². The maximum atomic E-state index is 12.9. The second-order valence-electron chi connectivity index (χ2n) is 9.35. The molecule has 5 aromatic rings. The summed E-state index contributed by atoms with van der Waals surface area (Å²) in [7, 11) is 0. The standard InChI is InChI=1S/C32H26ClN3O3/c33-28-14-6-13-27-29(30(34-35-31(27)28)23-8-2-1-3-9-23)24-10-5-12-26(20-24)39-21-22-7-4-11-25(19-22)32(37)36-15-17-38-18-16-36/h1-14,19-20H,15-18,21H2. The lowest BCUT2D eigenvalue weighted by atomic mass is 9.95. The first-order valence-corrected chi connectivity index (χ1v) is 13.2. The maximum Gasteiger partial charge on any atom is 0.254 e. The predicted molar refractivity (Wildman–Crippen MR) is 153 cm³/mol. The molecule has 0 spiro atoms. The summed E-state index contributed by atoms with van der Waals surface area (Å²) in [5.41, 5.74) is 5.87. The Morgan fingerprint density at radius 2 is 1.62 bits per heavy atom. The Bertz CT molecular complexity index is 1640. The zero-order valence-corrected chi connectivity index (χ0v) is 22.0. The molecule has 0 bridgehead atoms. The van der Waals surface area contributed by atoms with Gasteiger partial charge in [-0.1, -0.05) is 78.3 Å². The number of nitrogens with zero attached hydrogens (tertiary/aromatic N) is 3. The molecule has 0 saturated carbocycles. The topological polar surface area (TPSA) is 64.5 Å². The van der Waals surface area contributed by atoms with E-state index in [4.69, 9.17) is 21.1 Å². The van der Waals surface area contributed by atoms with Crippen molar-refractivity contribution in [1.29, 1.82) is 0 Å². The van der Waals surface area contributed by atoms with E-state index in [1.807, 2.05) is 102 Å². The van der Waals surface area contributed by atoms with Gasteiger partial charge in [0.1, 0.15) is 23.6 Å². The van der Waals surface area contributed by atoms with Crippen LogP contribution < -0.4 is 4.74 Å². The van der Waals surface area contributed by atoms with Gasteiger partial charge in [-0.2, -0.15) is 0 Å². The number of hydrogen-bond donors (Lipinski definition) is 0. The molecule has 0 atom stereocenters. The Morgan fingerprint density at radius 1 is 0.846 bits per heavy atom. The Hall–Kier alpha value is -4.26. The first-order chi connectivity index (χ1) is 19.2. The molecule has 1 aliphatic rings. The Morgan fingerprint density at radius 3 is 2.46 bits per heavy atom. The highest BCUT2D eigenvalue weighted by Crippen LogP contribution is 2.38. The van der Waals surface area contributed by atoms with Crippen LogP contribution in [0.4, 0.5) is 0 Å². The Labute approximate surface area is 231 Å². The molecule has 6 nitrogen and oxygen atoms in total. The van der Waals surface area contributed by atoms with Gasteiger partial charge in [0.25, 0.3) is 5.91 Å². The van der Waals surface area contributed by atoms with Crippen LogP contribution >= 0.6 is 11.6 Å². The number of ether oxygens (including phenoxy) is 2. The van der Waals surface area contributed by atoms with Gasteiger partial charge >= 0.3 is 0 Å². The number of fused-ring (bicyclic) bond motifs is 1. The van der Waals surface area contributed by atoms with E-state index in [1.165, 1.54) is 0 Å². The summed E-state index contributed by atoms with van der Waals surface area (Å²) in [6.07, 6.45) is 0. The van der Waals surface area contributed by atoms with Crippen LogP contribution in [0.5, 0.6) is 5.75 Å². The number of benzene rings is 4. The molecular formula is C32H26ClN3O3. The molecule has 39 heavy (non-hydrogen) atoms. The molecule has 0 unspecified atom stereocenters. The van der Waals surface area contributed by atoms with E-state index in [0.29, 0.717) is 54.8 Å². The van der Waals surface area contributed by atoms with Gasteiger partial charge < -0.3 is 14.4 Å². The molecule has 0 aliphatic carbocycles. The van der Waals surface area contributed by atoms with E-state index in [2.05, 4.69) is 10.2 Å². The summed E-state index contributed by atoms with van der Waals surface area (Å²) in [5, 5.41) is 10.5. The van der Waals surface area contributed by atoms with Gasteiger partial charge in [-0.15, -0.1) is 10.2 Å². The Kier molecular flexibility index (Phi) is 7.21. The third kappa shape index (κ3) is 5.35. The van der Waals surface area contributed by atoms with Crippen molar-refractivity contribution >= 4 is 28.4 Å². The third-order valence-electron chi connectivity index (χ3n) is 6.79. The average molecular weight is 536 g/mol. The molecule has 1 amide bonds. The Balaban J connectivity index is 1.30. The molecule has 1 fully saturated rings. The number of aromatic nitrogens is 2. The van der Waals surface area contributed by atoms with E-state index in [1.54, 1.807) is 0 Å². The van der Waals surface area contributed by atoms with Gasteiger partial charge in [-0.25, -0.2) is 0 Å². The van der Waals surface area contributed by atoms with Crippen molar-refractivity contribution in [2.45, 2.75) is 6.61 Å². The fourth-order valence-corrected chi connectivity index (χ4v) is 5.05. The van der Waals surface area contributed by atoms with Crippen molar-refractivity contribution < 1.29 is 14.3 Å². The van der Waals surface area contributed by atoms with E-state index in [0.717, 1.165) is 33.3 Å². The van der Waals surface area contributed by atoms with Gasteiger partial charge in [0.2, 0.25) is 0 Å². The van der Waals surface area contributed by atoms with Gasteiger partial charge in [-0.3, -0.25) is 4.79 Å². The highest BCUT2D eigenvalue weighted by Gasteiger charge is 2.19. The number of carbonyl (C=O) groups excluding carboxylic acids is 1. The summed E-state index contributed by atoms with van der Waals surface area (Å²) in [6.45, 7) is 2.71. The predicted octanol–water partition coefficient (Wildman–Crippen LogP) is 6.67. The van der Waals surface area contributed by atoms with Crippen LogP contribution in [-0.2, 0) is 11.3 Å². The second-order valence-corrected chi connectivity index (χ2v) is 9.75. The van der Waals surface area contributed by atoms with Gasteiger partial charge in [0, 0.05) is 35.2 Å². The minimum Gasteiger partial charge on any atom is -0.489 e. The van der Waals surface area contributed by atoms with Crippen LogP contribution in [-0.4, -0.2) is 47.3 Å². The lowest BCUT2D eigenvalue weighted by Gasteiger charge is -2.27. The SMILES string of the molecule is O=C(c1cccc(COc2cccc(-c3c(-c4ccccc4)nnc4c(Cl)cccc34)c2)c1)N1CCOCC1. The summed E-state index contributed by atoms with van der Waals surface area (Å²) in [5.74, 6) is 0.731. The van der Waals surface area contributed by atoms with Crippen LogP contribution in [0.2, 0.25) is 5.02 Å². The molecule has 1 saturated heterocycles. The molecule has 6 rings (SSSR count). The summed E-state index contributed by atoms with van der Waals surface area (Å²) in [6, 6.07) is 31.3. The van der Waals surface area contributed by atoms with Crippen LogP contribution in [0.1, 0.15) is 15.9 Å². The first-order valence-electron chi connectivity index (χ1n) is 12.9. The van der Waals surface area contributed by atoms with Crippen molar-refractivity contribution in [1.82, 2.24) is 15.1 Å². The number of rotatable bonds is 6. The lowest BCUT2D eigenvalue weighted by Crippen LogP contribution is -2.40. The monoisotopic (exact) mass is 535 g/mol. The van der Waals surface area contributed by atoms with Crippen molar-refractivity contribution in [3.8, 4) is 28.1 Å². The van der Waals surface area contributed by atoms with E-state index < -0.39 is 0 Å². The lowest BCUT2D eigenvalue weighted by molar-refractivity contribution is 0.0303. The minimum atomic E-state index is 0.0197. The average Bonchev–Trinajstić information content (AvgIpc) is 3.00.